The normalized spacial score (nSPS) is 7.82. The van der Waals surface area contributed by atoms with Crippen molar-refractivity contribution in [1.29, 1.82) is 0 Å². The molecule has 0 spiro atoms. The van der Waals surface area contributed by atoms with E-state index in [2.05, 4.69) is 48.5 Å². The summed E-state index contributed by atoms with van der Waals surface area (Å²) in [6, 6.07) is 16.7. The first-order valence-electron chi connectivity index (χ1n) is 5.13. The zero-order valence-electron chi connectivity index (χ0n) is 9.87. The van der Waals surface area contributed by atoms with E-state index in [1.807, 2.05) is 21.2 Å². The number of halogens is 2. The van der Waals surface area contributed by atoms with Gasteiger partial charge in [0.1, 0.15) is 0 Å². The van der Waals surface area contributed by atoms with Crippen molar-refractivity contribution >= 4 is 57.8 Å². The molecule has 0 nitrogen and oxygen atoms in total. The lowest BCUT2D eigenvalue weighted by molar-refractivity contribution is 1.75. The maximum absolute atomic E-state index is 5.05. The van der Waals surface area contributed by atoms with E-state index in [9.17, 15) is 0 Å². The summed E-state index contributed by atoms with van der Waals surface area (Å²) in [7, 11) is 8.89. The molecule has 0 fully saturated rings. The van der Waals surface area contributed by atoms with Crippen molar-refractivity contribution in [3.8, 4) is 0 Å². The summed E-state index contributed by atoms with van der Waals surface area (Å²) in [6.07, 6.45) is 0.663. The van der Waals surface area contributed by atoms with Crippen molar-refractivity contribution in [2.75, 3.05) is 0 Å². The summed E-state index contributed by atoms with van der Waals surface area (Å²) in [5.74, 6) is 0. The molecule has 17 heavy (non-hydrogen) atoms. The highest BCUT2D eigenvalue weighted by Gasteiger charge is 1.85. The second-order valence-electron chi connectivity index (χ2n) is 3.15. The van der Waals surface area contributed by atoms with E-state index in [0.29, 0.717) is 6.22 Å². The van der Waals surface area contributed by atoms with Gasteiger partial charge in [-0.3, -0.25) is 0 Å². The third-order valence-corrected chi connectivity index (χ3v) is 2.03. The van der Waals surface area contributed by atoms with Crippen LogP contribution >= 0.6 is 24.8 Å². The molecule has 0 amide bonds. The molecule has 0 saturated carbocycles. The zero-order valence-corrected chi connectivity index (χ0v) is 11.5. The Morgan fingerprint density at radius 3 is 1.41 bits per heavy atom. The van der Waals surface area contributed by atoms with Gasteiger partial charge in [-0.2, -0.15) is 0 Å². The van der Waals surface area contributed by atoms with E-state index in [1.54, 1.807) is 0 Å². The van der Waals surface area contributed by atoms with E-state index < -0.39 is 0 Å². The Labute approximate surface area is 119 Å². The van der Waals surface area contributed by atoms with Crippen molar-refractivity contribution in [2.24, 2.45) is 0 Å². The van der Waals surface area contributed by atoms with Gasteiger partial charge in [0.05, 0.1) is 22.2 Å². The molecule has 0 N–H and O–H groups in total. The largest absolute Gasteiger partial charge is 0.147 e. The van der Waals surface area contributed by atoms with Gasteiger partial charge >= 0.3 is 0 Å². The summed E-state index contributed by atoms with van der Waals surface area (Å²) in [6.45, 7) is 1.95. The molecule has 0 aromatic heterocycles. The SMILES string of the molecule is Cl.Cl.[B]C[B][B]C.c1ccc2ccccc2c1. The first-order chi connectivity index (χ1) is 7.38. The van der Waals surface area contributed by atoms with Crippen LogP contribution in [0.15, 0.2) is 48.5 Å². The van der Waals surface area contributed by atoms with E-state index in [1.165, 1.54) is 10.8 Å². The third kappa shape index (κ3) is 7.41. The summed E-state index contributed by atoms with van der Waals surface area (Å²) >= 11 is 0. The number of hydrogen-bond acceptors (Lipinski definition) is 0. The van der Waals surface area contributed by atoms with Crippen molar-refractivity contribution in [3.63, 3.8) is 0 Å². The van der Waals surface area contributed by atoms with Crippen LogP contribution in [0.4, 0.5) is 0 Å². The molecule has 0 atom stereocenters. The predicted molar refractivity (Wildman–Crippen MR) is 86.4 cm³/mol. The number of benzene rings is 2. The van der Waals surface area contributed by atoms with Gasteiger partial charge in [0, 0.05) is 0 Å². The van der Waals surface area contributed by atoms with E-state index >= 15 is 0 Å². The van der Waals surface area contributed by atoms with Crippen molar-refractivity contribution in [3.05, 3.63) is 48.5 Å². The molecule has 5 heteroatoms. The predicted octanol–water partition coefficient (Wildman–Crippen LogP) is 3.59. The fourth-order valence-corrected chi connectivity index (χ4v) is 1.27. The third-order valence-electron chi connectivity index (χ3n) is 2.03. The molecule has 4 radical (unpaired) electrons. The lowest BCUT2D eigenvalue weighted by Crippen LogP contribution is -1.94. The summed E-state index contributed by atoms with van der Waals surface area (Å²) in [4.78, 5) is 0. The molecule has 86 valence electrons. The highest BCUT2D eigenvalue weighted by Crippen LogP contribution is 2.11. The monoisotopic (exact) mass is 262 g/mol. The maximum Gasteiger partial charge on any atom is 0.0600 e. The Hall–Kier alpha value is -0.525. The highest BCUT2D eigenvalue weighted by molar-refractivity contribution is 7.01. The zero-order chi connectivity index (χ0) is 10.9. The van der Waals surface area contributed by atoms with Gasteiger partial charge in [-0.1, -0.05) is 55.4 Å². The van der Waals surface area contributed by atoms with Gasteiger partial charge in [-0.05, 0) is 10.8 Å². The molecule has 0 aliphatic carbocycles. The minimum absolute atomic E-state index is 0. The van der Waals surface area contributed by atoms with Gasteiger partial charge in [0.25, 0.3) is 0 Å². The van der Waals surface area contributed by atoms with Crippen LogP contribution in [0, 0.1) is 0 Å². The van der Waals surface area contributed by atoms with E-state index in [0.717, 1.165) is 0 Å². The van der Waals surface area contributed by atoms with Crippen molar-refractivity contribution < 1.29 is 0 Å². The smallest absolute Gasteiger partial charge is 0.0600 e. The number of hydrogen-bond donors (Lipinski definition) is 0. The first-order valence-corrected chi connectivity index (χ1v) is 5.13. The van der Waals surface area contributed by atoms with Gasteiger partial charge < -0.3 is 0 Å². The van der Waals surface area contributed by atoms with Gasteiger partial charge in [0.15, 0.2) is 0 Å². The average molecular weight is 263 g/mol. The molecule has 0 unspecified atom stereocenters. The topological polar surface area (TPSA) is 0 Å². The van der Waals surface area contributed by atoms with Crippen LogP contribution in [0.1, 0.15) is 0 Å². The highest BCUT2D eigenvalue weighted by atomic mass is 35.5. The standard InChI is InChI=1S/C10H8.C2H5B3.2ClH/c1-2-6-10-8-4-3-7-9(10)5-1;1-4-5-2-3;;/h1-8H;2H2,1H3;2*1H. The van der Waals surface area contributed by atoms with E-state index in [-0.39, 0.29) is 24.8 Å². The molecular weight excluding hydrogens is 247 g/mol. The summed E-state index contributed by atoms with van der Waals surface area (Å²) in [5, 5.41) is 2.62. The second-order valence-corrected chi connectivity index (χ2v) is 3.15. The average Bonchev–Trinajstić information content (AvgIpc) is 2.31. The molecular formula is C12H15B3Cl2. The Bertz CT molecular complexity index is 329. The lowest BCUT2D eigenvalue weighted by atomic mass is 9.37. The van der Waals surface area contributed by atoms with E-state index in [4.69, 9.17) is 7.85 Å². The summed E-state index contributed by atoms with van der Waals surface area (Å²) < 4.78 is 0. The molecule has 0 aliphatic heterocycles. The minimum Gasteiger partial charge on any atom is -0.147 e. The van der Waals surface area contributed by atoms with Gasteiger partial charge in [-0.25, -0.2) is 0 Å². The molecule has 0 saturated heterocycles. The fraction of sp³-hybridized carbons (Fsp3) is 0.167. The quantitative estimate of drug-likeness (QED) is 0.726. The van der Waals surface area contributed by atoms with Crippen LogP contribution in [0.3, 0.4) is 0 Å². The molecule has 0 bridgehead atoms. The lowest BCUT2D eigenvalue weighted by Gasteiger charge is -1.92. The van der Waals surface area contributed by atoms with Gasteiger partial charge in [-0.15, -0.1) is 31.0 Å². The van der Waals surface area contributed by atoms with Crippen LogP contribution in [-0.4, -0.2) is 22.2 Å². The number of rotatable bonds is 2. The van der Waals surface area contributed by atoms with Crippen molar-refractivity contribution in [1.82, 2.24) is 0 Å². The van der Waals surface area contributed by atoms with Crippen LogP contribution < -0.4 is 0 Å². The molecule has 0 heterocycles. The van der Waals surface area contributed by atoms with Gasteiger partial charge in [0.2, 0.25) is 0 Å². The molecule has 2 rings (SSSR count). The fourth-order valence-electron chi connectivity index (χ4n) is 1.27. The maximum atomic E-state index is 5.05. The molecule has 2 aromatic carbocycles. The Morgan fingerprint density at radius 1 is 0.882 bits per heavy atom. The second kappa shape index (κ2) is 11.9. The molecule has 0 aliphatic rings. The van der Waals surface area contributed by atoms with Crippen LogP contribution in [0.25, 0.3) is 10.8 Å². The van der Waals surface area contributed by atoms with Crippen molar-refractivity contribution in [2.45, 2.75) is 13.0 Å². The Balaban J connectivity index is 0. The number of fused-ring (bicyclic) bond motifs is 1. The van der Waals surface area contributed by atoms with Crippen LogP contribution in [0.5, 0.6) is 0 Å². The minimum atomic E-state index is 0. The molecule has 2 aromatic rings. The summed E-state index contributed by atoms with van der Waals surface area (Å²) in [5.41, 5.74) is 0. The Morgan fingerprint density at radius 2 is 1.24 bits per heavy atom. The first kappa shape index (κ1) is 18.8. The Kier molecular flexibility index (Phi) is 13.2. The van der Waals surface area contributed by atoms with Crippen LogP contribution in [0.2, 0.25) is 13.0 Å². The van der Waals surface area contributed by atoms with Crippen LogP contribution in [-0.2, 0) is 0 Å².